The number of benzene rings is 2. The highest BCUT2D eigenvalue weighted by Gasteiger charge is 2.27. The minimum Gasteiger partial charge on any atom is -0.326 e. The molecule has 0 aromatic heterocycles. The van der Waals surface area contributed by atoms with Gasteiger partial charge < -0.3 is 5.32 Å². The second kappa shape index (κ2) is 5.64. The van der Waals surface area contributed by atoms with Crippen molar-refractivity contribution in [3.05, 3.63) is 59.2 Å². The van der Waals surface area contributed by atoms with Crippen molar-refractivity contribution in [3.8, 4) is 0 Å². The lowest BCUT2D eigenvalue weighted by atomic mass is 10.1. The monoisotopic (exact) mass is 293 g/mol. The minimum atomic E-state index is -0.0162. The molecule has 0 radical (unpaired) electrons. The van der Waals surface area contributed by atoms with Crippen LogP contribution in [0.3, 0.4) is 0 Å². The maximum Gasteiger partial charge on any atom is 0.255 e. The van der Waals surface area contributed by atoms with Gasteiger partial charge in [0.15, 0.2) is 0 Å². The van der Waals surface area contributed by atoms with Crippen LogP contribution in [0.5, 0.6) is 0 Å². The predicted molar refractivity (Wildman–Crippen MR) is 90.5 cm³/mol. The van der Waals surface area contributed by atoms with E-state index in [4.69, 9.17) is 0 Å². The van der Waals surface area contributed by atoms with Crippen LogP contribution in [0.2, 0.25) is 0 Å². The van der Waals surface area contributed by atoms with Crippen molar-refractivity contribution in [2.75, 3.05) is 16.8 Å². The van der Waals surface area contributed by atoms with E-state index in [1.807, 2.05) is 43.3 Å². The Bertz CT molecular complexity index is 744. The Hall–Kier alpha value is -2.62. The Morgan fingerprint density at radius 3 is 2.41 bits per heavy atom. The first-order valence-corrected chi connectivity index (χ1v) is 7.32. The summed E-state index contributed by atoms with van der Waals surface area (Å²) in [4.78, 5) is 18.2. The molecule has 1 N–H and O–H groups in total. The average Bonchev–Trinajstić information content (AvgIpc) is 2.78. The van der Waals surface area contributed by atoms with Gasteiger partial charge in [-0.25, -0.2) is 9.89 Å². The Morgan fingerprint density at radius 1 is 1.00 bits per heavy atom. The number of carbonyl (C=O) groups is 1. The molecule has 1 amide bonds. The van der Waals surface area contributed by atoms with E-state index in [9.17, 15) is 4.79 Å². The van der Waals surface area contributed by atoms with Crippen molar-refractivity contribution in [1.29, 1.82) is 0 Å². The number of anilines is 2. The highest BCUT2D eigenvalue weighted by Crippen LogP contribution is 2.22. The standard InChI is InChI=1S/C18H19N3O/c1-12-5-4-6-16(10-12)21-17(22)11-19-18(21)20-15-8-13(2)7-14(3)9-15/h4-10H,11H2,1-3H3,(H,19,20). The van der Waals surface area contributed by atoms with E-state index in [-0.39, 0.29) is 12.5 Å². The van der Waals surface area contributed by atoms with Gasteiger partial charge in [-0.15, -0.1) is 0 Å². The Labute approximate surface area is 130 Å². The fourth-order valence-electron chi connectivity index (χ4n) is 2.71. The summed E-state index contributed by atoms with van der Waals surface area (Å²) in [5.41, 5.74) is 5.26. The zero-order valence-corrected chi connectivity index (χ0v) is 13.1. The molecule has 0 atom stereocenters. The molecule has 0 fully saturated rings. The third-order valence-corrected chi connectivity index (χ3v) is 3.56. The molecule has 2 aromatic carbocycles. The molecule has 2 aromatic rings. The zero-order valence-electron chi connectivity index (χ0n) is 13.1. The van der Waals surface area contributed by atoms with E-state index in [2.05, 4.69) is 30.2 Å². The molecule has 112 valence electrons. The van der Waals surface area contributed by atoms with Crippen molar-refractivity contribution in [3.63, 3.8) is 0 Å². The van der Waals surface area contributed by atoms with Crippen LogP contribution in [0.25, 0.3) is 0 Å². The molecule has 4 heteroatoms. The SMILES string of the molecule is Cc1cc(C)cc(NC2=NCC(=O)N2c2cccc(C)c2)c1. The Kier molecular flexibility index (Phi) is 3.67. The maximum absolute atomic E-state index is 12.2. The first-order chi connectivity index (χ1) is 10.5. The predicted octanol–water partition coefficient (Wildman–Crippen LogP) is 3.43. The van der Waals surface area contributed by atoms with E-state index in [0.29, 0.717) is 5.96 Å². The van der Waals surface area contributed by atoms with Crippen molar-refractivity contribution in [1.82, 2.24) is 0 Å². The summed E-state index contributed by atoms with van der Waals surface area (Å²) in [6.07, 6.45) is 0. The molecule has 1 aliphatic rings. The first-order valence-electron chi connectivity index (χ1n) is 7.32. The zero-order chi connectivity index (χ0) is 15.7. The van der Waals surface area contributed by atoms with Gasteiger partial charge in [0.1, 0.15) is 6.54 Å². The normalized spacial score (nSPS) is 14.2. The molecule has 0 bridgehead atoms. The van der Waals surface area contributed by atoms with E-state index < -0.39 is 0 Å². The third-order valence-electron chi connectivity index (χ3n) is 3.56. The van der Waals surface area contributed by atoms with Gasteiger partial charge in [-0.3, -0.25) is 4.79 Å². The van der Waals surface area contributed by atoms with Crippen LogP contribution in [-0.4, -0.2) is 18.4 Å². The van der Waals surface area contributed by atoms with E-state index in [0.717, 1.165) is 16.9 Å². The van der Waals surface area contributed by atoms with Crippen LogP contribution >= 0.6 is 0 Å². The minimum absolute atomic E-state index is 0.0162. The Balaban J connectivity index is 1.91. The number of carbonyl (C=O) groups excluding carboxylic acids is 1. The van der Waals surface area contributed by atoms with Crippen LogP contribution in [0.4, 0.5) is 11.4 Å². The van der Waals surface area contributed by atoms with Gasteiger partial charge in [0.2, 0.25) is 5.96 Å². The lowest BCUT2D eigenvalue weighted by Crippen LogP contribution is -2.36. The summed E-state index contributed by atoms with van der Waals surface area (Å²) in [6.45, 7) is 6.30. The Morgan fingerprint density at radius 2 is 1.73 bits per heavy atom. The van der Waals surface area contributed by atoms with Crippen LogP contribution in [-0.2, 0) is 4.79 Å². The second-order valence-corrected chi connectivity index (χ2v) is 5.71. The second-order valence-electron chi connectivity index (χ2n) is 5.71. The third kappa shape index (κ3) is 2.86. The van der Waals surface area contributed by atoms with Gasteiger partial charge in [-0.2, -0.15) is 0 Å². The van der Waals surface area contributed by atoms with Gasteiger partial charge in [0.25, 0.3) is 5.91 Å². The summed E-state index contributed by atoms with van der Waals surface area (Å²) in [5.74, 6) is 0.568. The van der Waals surface area contributed by atoms with Gasteiger partial charge in [-0.05, 0) is 61.7 Å². The van der Waals surface area contributed by atoms with Crippen LogP contribution in [0.1, 0.15) is 16.7 Å². The summed E-state index contributed by atoms with van der Waals surface area (Å²) in [5, 5.41) is 3.28. The molecule has 4 nitrogen and oxygen atoms in total. The lowest BCUT2D eigenvalue weighted by Gasteiger charge is -2.20. The summed E-state index contributed by atoms with van der Waals surface area (Å²) in [6, 6.07) is 14.1. The fourth-order valence-corrected chi connectivity index (χ4v) is 2.71. The molecular formula is C18H19N3O. The highest BCUT2D eigenvalue weighted by atomic mass is 16.2. The van der Waals surface area contributed by atoms with Crippen molar-refractivity contribution in [2.45, 2.75) is 20.8 Å². The van der Waals surface area contributed by atoms with Crippen molar-refractivity contribution in [2.24, 2.45) is 4.99 Å². The van der Waals surface area contributed by atoms with Gasteiger partial charge >= 0.3 is 0 Å². The van der Waals surface area contributed by atoms with E-state index in [1.54, 1.807) is 4.90 Å². The van der Waals surface area contributed by atoms with Crippen LogP contribution in [0.15, 0.2) is 47.5 Å². The molecule has 1 aliphatic heterocycles. The first kappa shape index (κ1) is 14.3. The molecule has 3 rings (SSSR count). The number of nitrogens with zero attached hydrogens (tertiary/aromatic N) is 2. The number of rotatable bonds is 2. The fraction of sp³-hybridized carbons (Fsp3) is 0.222. The van der Waals surface area contributed by atoms with Gasteiger partial charge in [0.05, 0.1) is 5.69 Å². The average molecular weight is 293 g/mol. The molecule has 1 heterocycles. The number of nitrogens with one attached hydrogen (secondary N) is 1. The molecule has 0 aliphatic carbocycles. The van der Waals surface area contributed by atoms with E-state index in [1.165, 1.54) is 11.1 Å². The number of aryl methyl sites for hydroxylation is 3. The molecule has 0 saturated carbocycles. The quantitative estimate of drug-likeness (QED) is 0.922. The van der Waals surface area contributed by atoms with Gasteiger partial charge in [0, 0.05) is 5.69 Å². The largest absolute Gasteiger partial charge is 0.326 e. The molecule has 0 saturated heterocycles. The van der Waals surface area contributed by atoms with Crippen LogP contribution < -0.4 is 10.2 Å². The summed E-state index contributed by atoms with van der Waals surface area (Å²) >= 11 is 0. The number of hydrogen-bond donors (Lipinski definition) is 1. The number of aliphatic imine (C=N–C) groups is 1. The topological polar surface area (TPSA) is 44.7 Å². The molecule has 0 spiro atoms. The number of hydrogen-bond acceptors (Lipinski definition) is 3. The van der Waals surface area contributed by atoms with Crippen molar-refractivity contribution >= 4 is 23.2 Å². The van der Waals surface area contributed by atoms with Gasteiger partial charge in [-0.1, -0.05) is 18.2 Å². The van der Waals surface area contributed by atoms with Crippen molar-refractivity contribution < 1.29 is 4.79 Å². The maximum atomic E-state index is 12.2. The molecule has 0 unspecified atom stereocenters. The lowest BCUT2D eigenvalue weighted by molar-refractivity contribution is -0.115. The smallest absolute Gasteiger partial charge is 0.255 e. The summed E-state index contributed by atoms with van der Waals surface area (Å²) < 4.78 is 0. The number of amides is 1. The van der Waals surface area contributed by atoms with Crippen LogP contribution in [0, 0.1) is 20.8 Å². The highest BCUT2D eigenvalue weighted by molar-refractivity contribution is 6.24. The summed E-state index contributed by atoms with van der Waals surface area (Å²) in [7, 11) is 0. The van der Waals surface area contributed by atoms with E-state index >= 15 is 0 Å². The molecule has 22 heavy (non-hydrogen) atoms. The molecular weight excluding hydrogens is 274 g/mol. The number of guanidine groups is 1.